The molecule has 0 unspecified atom stereocenters. The smallest absolute Gasteiger partial charge is 0.232 e. The molecule has 4 aliphatic carbocycles. The number of carbonyl (C=O) groups is 3. The molecule has 43 heavy (non-hydrogen) atoms. The van der Waals surface area contributed by atoms with Gasteiger partial charge >= 0.3 is 0 Å². The van der Waals surface area contributed by atoms with E-state index in [0.717, 1.165) is 65.0 Å². The highest BCUT2D eigenvalue weighted by atomic mass is 16.5. The number of hydrogen-bond acceptors (Lipinski definition) is 6. The number of nitrogens with zero attached hydrogens (tertiary/aromatic N) is 1. The van der Waals surface area contributed by atoms with Crippen LogP contribution in [0.2, 0.25) is 0 Å². The largest absolute Gasteiger partial charge is 0.380 e. The lowest BCUT2D eigenvalue weighted by Gasteiger charge is -2.60. The van der Waals surface area contributed by atoms with Crippen LogP contribution in [0.1, 0.15) is 91.9 Å². The van der Waals surface area contributed by atoms with Gasteiger partial charge in [-0.2, -0.15) is 0 Å². The van der Waals surface area contributed by atoms with E-state index in [2.05, 4.69) is 38.3 Å². The van der Waals surface area contributed by atoms with E-state index in [4.69, 9.17) is 9.47 Å². The van der Waals surface area contributed by atoms with Gasteiger partial charge in [-0.1, -0.05) is 27.7 Å². The number of nitrogens with one attached hydrogen (secondary N) is 2. The van der Waals surface area contributed by atoms with Crippen LogP contribution in [0.15, 0.2) is 0 Å². The lowest BCUT2D eigenvalue weighted by molar-refractivity contribution is -0.195. The van der Waals surface area contributed by atoms with E-state index in [1.165, 1.54) is 19.3 Å². The Morgan fingerprint density at radius 1 is 1.02 bits per heavy atom. The standard InChI is InChI=1S/C35H53N3O5/c1-20-7-10-35(36-15-20)21(2)31-27(43-35)12-26-24-6-5-22-11-23(8-9-32(22,3)25(24)13-28(39)33(26,31)4)37-29(40)14-30(41)38-16-34(17-38)18-42-19-34/h20-27,31,36H,5-19H2,1-4H3,(H,37,40)/t20-,21-,22+,23-,24+,25-,26-,27-,31-,32-,33+,35+/m0/s1. The summed E-state index contributed by atoms with van der Waals surface area (Å²) in [5.41, 5.74) is -0.206. The minimum absolute atomic E-state index is 0.0481. The van der Waals surface area contributed by atoms with Gasteiger partial charge in [0.05, 0.1) is 24.7 Å². The fraction of sp³-hybridized carbons (Fsp3) is 0.914. The van der Waals surface area contributed by atoms with E-state index >= 15 is 0 Å². The van der Waals surface area contributed by atoms with Gasteiger partial charge in [-0.15, -0.1) is 0 Å². The Hall–Kier alpha value is -1.51. The summed E-state index contributed by atoms with van der Waals surface area (Å²) >= 11 is 0. The van der Waals surface area contributed by atoms with Crippen LogP contribution in [0.5, 0.6) is 0 Å². The van der Waals surface area contributed by atoms with Gasteiger partial charge in [0.25, 0.3) is 0 Å². The molecule has 8 aliphatic rings. The molecule has 4 saturated carbocycles. The molecule has 2 spiro atoms. The summed E-state index contributed by atoms with van der Waals surface area (Å²) < 4.78 is 12.3. The second-order valence-corrected chi connectivity index (χ2v) is 17.1. The number of fused-ring (bicyclic) bond motifs is 7. The number of amides is 2. The van der Waals surface area contributed by atoms with Gasteiger partial charge in [0, 0.05) is 49.3 Å². The maximum atomic E-state index is 14.4. The van der Waals surface area contributed by atoms with Crippen LogP contribution in [0, 0.1) is 57.7 Å². The Morgan fingerprint density at radius 3 is 2.51 bits per heavy atom. The topological polar surface area (TPSA) is 97.0 Å². The van der Waals surface area contributed by atoms with Crippen LogP contribution in [0.25, 0.3) is 0 Å². The predicted molar refractivity (Wildman–Crippen MR) is 161 cm³/mol. The lowest BCUT2D eigenvalue weighted by atomic mass is 9.44. The van der Waals surface area contributed by atoms with Crippen molar-refractivity contribution in [3.63, 3.8) is 0 Å². The minimum Gasteiger partial charge on any atom is -0.380 e. The van der Waals surface area contributed by atoms with Crippen molar-refractivity contribution in [1.82, 2.24) is 15.5 Å². The third-order valence-corrected chi connectivity index (χ3v) is 14.9. The van der Waals surface area contributed by atoms with Crippen LogP contribution in [0.3, 0.4) is 0 Å². The number of Topliss-reactive ketones (excluding diaryl/α,β-unsaturated/α-hetero) is 1. The molecule has 2 N–H and O–H groups in total. The molecule has 0 aromatic heterocycles. The highest BCUT2D eigenvalue weighted by Gasteiger charge is 2.71. The molecule has 12 atom stereocenters. The molecule has 8 nitrogen and oxygen atoms in total. The van der Waals surface area contributed by atoms with Crippen molar-refractivity contribution in [3.05, 3.63) is 0 Å². The molecule has 8 fully saturated rings. The normalized spacial score (nSPS) is 51.1. The molecule has 4 saturated heterocycles. The van der Waals surface area contributed by atoms with Crippen molar-refractivity contribution in [2.75, 3.05) is 32.8 Å². The molecule has 4 aliphatic heterocycles. The monoisotopic (exact) mass is 595 g/mol. The van der Waals surface area contributed by atoms with Gasteiger partial charge in [-0.25, -0.2) is 0 Å². The maximum Gasteiger partial charge on any atom is 0.232 e. The van der Waals surface area contributed by atoms with Crippen LogP contribution < -0.4 is 10.6 Å². The molecular formula is C35H53N3O5. The van der Waals surface area contributed by atoms with Crippen LogP contribution in [0.4, 0.5) is 0 Å². The first-order valence-corrected chi connectivity index (χ1v) is 17.6. The van der Waals surface area contributed by atoms with Crippen molar-refractivity contribution < 1.29 is 23.9 Å². The van der Waals surface area contributed by atoms with Gasteiger partial charge in [0.1, 0.15) is 17.9 Å². The quantitative estimate of drug-likeness (QED) is 0.481. The van der Waals surface area contributed by atoms with E-state index < -0.39 is 0 Å². The number of carbonyl (C=O) groups excluding carboxylic acids is 3. The Kier molecular flexibility index (Phi) is 6.56. The summed E-state index contributed by atoms with van der Waals surface area (Å²) in [7, 11) is 0. The number of likely N-dealkylation sites (tertiary alicyclic amines) is 1. The van der Waals surface area contributed by atoms with Crippen LogP contribution in [-0.4, -0.2) is 73.2 Å². The predicted octanol–water partition coefficient (Wildman–Crippen LogP) is 3.92. The Balaban J connectivity index is 0.913. The molecule has 0 bridgehead atoms. The zero-order valence-corrected chi connectivity index (χ0v) is 26.8. The first-order valence-electron chi connectivity index (χ1n) is 17.6. The van der Waals surface area contributed by atoms with E-state index in [1.807, 2.05) is 4.90 Å². The molecule has 238 valence electrons. The minimum atomic E-state index is -0.276. The average molecular weight is 596 g/mol. The third-order valence-electron chi connectivity index (χ3n) is 14.9. The Labute approximate surface area is 257 Å². The van der Waals surface area contributed by atoms with E-state index in [9.17, 15) is 14.4 Å². The van der Waals surface area contributed by atoms with Crippen molar-refractivity contribution >= 4 is 17.6 Å². The summed E-state index contributed by atoms with van der Waals surface area (Å²) in [6.07, 6.45) is 9.47. The fourth-order valence-electron chi connectivity index (χ4n) is 12.3. The van der Waals surface area contributed by atoms with Crippen molar-refractivity contribution in [2.45, 2.75) is 110 Å². The number of rotatable bonds is 3. The summed E-state index contributed by atoms with van der Waals surface area (Å²) in [5.74, 6) is 3.62. The van der Waals surface area contributed by atoms with Gasteiger partial charge in [-0.3, -0.25) is 19.7 Å². The zero-order valence-electron chi connectivity index (χ0n) is 26.8. The van der Waals surface area contributed by atoms with Crippen LogP contribution in [-0.2, 0) is 23.9 Å². The van der Waals surface area contributed by atoms with Crippen molar-refractivity contribution in [3.8, 4) is 0 Å². The molecule has 8 heteroatoms. The Bertz CT molecular complexity index is 1190. The maximum absolute atomic E-state index is 14.4. The lowest BCUT2D eigenvalue weighted by Crippen LogP contribution is -2.67. The first kappa shape index (κ1) is 28.9. The molecule has 0 aromatic carbocycles. The van der Waals surface area contributed by atoms with E-state index in [1.54, 1.807) is 0 Å². The third kappa shape index (κ3) is 4.13. The Morgan fingerprint density at radius 2 is 1.81 bits per heavy atom. The van der Waals surface area contributed by atoms with Gasteiger partial charge in [-0.05, 0) is 86.4 Å². The number of piperidine rings is 1. The molecule has 4 heterocycles. The van der Waals surface area contributed by atoms with E-state index in [-0.39, 0.29) is 52.4 Å². The summed E-state index contributed by atoms with van der Waals surface area (Å²) in [6.45, 7) is 13.4. The highest BCUT2D eigenvalue weighted by molar-refractivity contribution is 5.97. The number of ketones is 1. The van der Waals surface area contributed by atoms with E-state index in [0.29, 0.717) is 53.6 Å². The fourth-order valence-corrected chi connectivity index (χ4v) is 12.3. The second kappa shape index (κ2) is 9.75. The van der Waals surface area contributed by atoms with Gasteiger partial charge < -0.3 is 19.7 Å². The molecule has 8 rings (SSSR count). The second-order valence-electron chi connectivity index (χ2n) is 17.1. The van der Waals surface area contributed by atoms with Crippen molar-refractivity contribution in [1.29, 1.82) is 0 Å². The highest BCUT2D eigenvalue weighted by Crippen LogP contribution is 2.70. The number of ether oxygens (including phenoxy) is 2. The number of hydrogen-bond donors (Lipinski definition) is 2. The zero-order chi connectivity index (χ0) is 29.9. The molecular weight excluding hydrogens is 542 g/mol. The van der Waals surface area contributed by atoms with Gasteiger partial charge in [0.15, 0.2) is 0 Å². The van der Waals surface area contributed by atoms with Crippen LogP contribution >= 0.6 is 0 Å². The van der Waals surface area contributed by atoms with Gasteiger partial charge in [0.2, 0.25) is 11.8 Å². The first-order chi connectivity index (χ1) is 20.5. The summed E-state index contributed by atoms with van der Waals surface area (Å²) in [6, 6.07) is 0.129. The summed E-state index contributed by atoms with van der Waals surface area (Å²) in [5, 5.41) is 7.05. The van der Waals surface area contributed by atoms with Crippen molar-refractivity contribution in [2.24, 2.45) is 57.7 Å². The molecule has 0 radical (unpaired) electrons. The summed E-state index contributed by atoms with van der Waals surface area (Å²) in [4.78, 5) is 41.7. The molecule has 2 amide bonds. The average Bonchev–Trinajstić information content (AvgIpc) is 3.36. The molecule has 0 aromatic rings. The SMILES string of the molecule is C[C@H]1CC[C@@]2(NC1)O[C@H]1C[C@H]3[C@@H]4CC[C@@H]5C[C@@H](NC(=O)CC(=O)N6CC7(COC7)C6)CC[C@]5(C)[C@H]4CC(=O)[C@]3(C)[C@H]1[C@@H]2C.